The summed E-state index contributed by atoms with van der Waals surface area (Å²) in [5.41, 5.74) is 1.45. The van der Waals surface area contributed by atoms with Crippen LogP contribution in [0.4, 0.5) is 5.82 Å². The summed E-state index contributed by atoms with van der Waals surface area (Å²) in [7, 11) is 0. The average Bonchev–Trinajstić information content (AvgIpc) is 3.30. The summed E-state index contributed by atoms with van der Waals surface area (Å²) >= 11 is 6.07. The molecule has 0 radical (unpaired) electrons. The topological polar surface area (TPSA) is 46.9 Å². The summed E-state index contributed by atoms with van der Waals surface area (Å²) in [5, 5.41) is 8.02. The lowest BCUT2D eigenvalue weighted by atomic mass is 9.95. The van der Waals surface area contributed by atoms with Crippen LogP contribution in [0.3, 0.4) is 0 Å². The standard InChI is InChI=1S/C19H16ClN3O/c20-15-6-4-5-14(13-15)19(10-11-19)18(24)21-17-9-12-23(22-17)16-7-2-1-3-8-16/h1-9,12-13H,10-11H2,(H,21,22,24). The Morgan fingerprint density at radius 2 is 1.88 bits per heavy atom. The van der Waals surface area contributed by atoms with Crippen molar-refractivity contribution in [1.82, 2.24) is 9.78 Å². The van der Waals surface area contributed by atoms with E-state index >= 15 is 0 Å². The molecule has 1 saturated carbocycles. The van der Waals surface area contributed by atoms with Crippen LogP contribution in [0.15, 0.2) is 66.9 Å². The van der Waals surface area contributed by atoms with Crippen molar-refractivity contribution in [2.45, 2.75) is 18.3 Å². The first kappa shape index (κ1) is 15.0. The maximum Gasteiger partial charge on any atom is 0.236 e. The molecule has 5 heteroatoms. The smallest absolute Gasteiger partial charge is 0.236 e. The molecule has 1 N–H and O–H groups in total. The van der Waals surface area contributed by atoms with Crippen molar-refractivity contribution in [3.63, 3.8) is 0 Å². The number of hydrogen-bond acceptors (Lipinski definition) is 2. The number of amides is 1. The number of aromatic nitrogens is 2. The van der Waals surface area contributed by atoms with Gasteiger partial charge in [-0.3, -0.25) is 4.79 Å². The molecule has 3 aromatic rings. The third-order valence-electron chi connectivity index (χ3n) is 4.41. The summed E-state index contributed by atoms with van der Waals surface area (Å²) in [4.78, 5) is 12.8. The molecule has 0 atom stereocenters. The lowest BCUT2D eigenvalue weighted by Crippen LogP contribution is -2.28. The van der Waals surface area contributed by atoms with Gasteiger partial charge in [0.05, 0.1) is 11.1 Å². The number of carbonyl (C=O) groups excluding carboxylic acids is 1. The van der Waals surface area contributed by atoms with Gasteiger partial charge in [0.1, 0.15) is 0 Å². The number of anilines is 1. The van der Waals surface area contributed by atoms with Gasteiger partial charge in [-0.15, -0.1) is 0 Å². The molecule has 1 heterocycles. The fourth-order valence-electron chi connectivity index (χ4n) is 2.91. The third-order valence-corrected chi connectivity index (χ3v) is 4.65. The number of nitrogens with zero attached hydrogens (tertiary/aromatic N) is 2. The summed E-state index contributed by atoms with van der Waals surface area (Å²) < 4.78 is 1.74. The van der Waals surface area contributed by atoms with Gasteiger partial charge in [0.25, 0.3) is 0 Å². The van der Waals surface area contributed by atoms with Crippen LogP contribution in [0.25, 0.3) is 5.69 Å². The first-order chi connectivity index (χ1) is 11.7. The van der Waals surface area contributed by atoms with E-state index in [9.17, 15) is 4.79 Å². The predicted molar refractivity (Wildman–Crippen MR) is 94.6 cm³/mol. The molecule has 1 aliphatic carbocycles. The van der Waals surface area contributed by atoms with E-state index in [1.807, 2.05) is 60.8 Å². The van der Waals surface area contributed by atoms with E-state index in [0.717, 1.165) is 24.1 Å². The molecule has 0 aliphatic heterocycles. The molecule has 1 amide bonds. The van der Waals surface area contributed by atoms with Crippen LogP contribution in [0, 0.1) is 0 Å². The number of para-hydroxylation sites is 1. The van der Waals surface area contributed by atoms with Crippen LogP contribution in [-0.4, -0.2) is 15.7 Å². The van der Waals surface area contributed by atoms with Crippen LogP contribution in [-0.2, 0) is 10.2 Å². The molecule has 4 nitrogen and oxygen atoms in total. The van der Waals surface area contributed by atoms with Gasteiger partial charge in [-0.2, -0.15) is 5.10 Å². The maximum atomic E-state index is 12.8. The van der Waals surface area contributed by atoms with Gasteiger partial charge in [-0.05, 0) is 42.7 Å². The van der Waals surface area contributed by atoms with Gasteiger partial charge < -0.3 is 5.32 Å². The Bertz CT molecular complexity index is 884. The van der Waals surface area contributed by atoms with Crippen LogP contribution in [0.5, 0.6) is 0 Å². The zero-order chi connectivity index (χ0) is 16.6. The van der Waals surface area contributed by atoms with Gasteiger partial charge in [-0.25, -0.2) is 4.68 Å². The Kier molecular flexibility index (Phi) is 3.62. The van der Waals surface area contributed by atoms with Crippen LogP contribution in [0.2, 0.25) is 5.02 Å². The highest BCUT2D eigenvalue weighted by Gasteiger charge is 2.51. The van der Waals surface area contributed by atoms with Crippen molar-refractivity contribution in [3.8, 4) is 5.69 Å². The number of hydrogen-bond donors (Lipinski definition) is 1. The summed E-state index contributed by atoms with van der Waals surface area (Å²) in [5.74, 6) is 0.528. The molecular formula is C19H16ClN3O. The van der Waals surface area contributed by atoms with Gasteiger partial charge in [0.2, 0.25) is 5.91 Å². The molecule has 1 aromatic heterocycles. The minimum atomic E-state index is -0.471. The Balaban J connectivity index is 1.54. The van der Waals surface area contributed by atoms with Crippen LogP contribution < -0.4 is 5.32 Å². The molecule has 1 fully saturated rings. The number of nitrogens with one attached hydrogen (secondary N) is 1. The predicted octanol–water partition coefficient (Wildman–Crippen LogP) is 4.20. The lowest BCUT2D eigenvalue weighted by Gasteiger charge is -2.15. The molecular weight excluding hydrogens is 322 g/mol. The SMILES string of the molecule is O=C(Nc1ccn(-c2ccccc2)n1)C1(c2cccc(Cl)c2)CC1. The van der Waals surface area contributed by atoms with Crippen molar-refractivity contribution in [3.05, 3.63) is 77.4 Å². The van der Waals surface area contributed by atoms with Crippen molar-refractivity contribution in [1.29, 1.82) is 0 Å². The normalized spacial score (nSPS) is 15.0. The van der Waals surface area contributed by atoms with E-state index < -0.39 is 5.41 Å². The second-order valence-electron chi connectivity index (χ2n) is 6.03. The molecule has 2 aromatic carbocycles. The van der Waals surface area contributed by atoms with E-state index in [1.165, 1.54) is 0 Å². The molecule has 0 saturated heterocycles. The summed E-state index contributed by atoms with van der Waals surface area (Å²) in [6.07, 6.45) is 3.50. The number of halogens is 1. The van der Waals surface area contributed by atoms with Crippen molar-refractivity contribution in [2.24, 2.45) is 0 Å². The second kappa shape index (κ2) is 5.80. The Labute approximate surface area is 145 Å². The molecule has 1 aliphatic rings. The van der Waals surface area contributed by atoms with Crippen LogP contribution >= 0.6 is 11.6 Å². The Morgan fingerprint density at radius 3 is 2.58 bits per heavy atom. The Hall–Kier alpha value is -2.59. The van der Waals surface area contributed by atoms with E-state index in [0.29, 0.717) is 10.8 Å². The number of carbonyl (C=O) groups is 1. The highest BCUT2D eigenvalue weighted by molar-refractivity contribution is 6.30. The molecule has 120 valence electrons. The first-order valence-corrected chi connectivity index (χ1v) is 8.24. The fourth-order valence-corrected chi connectivity index (χ4v) is 3.10. The van der Waals surface area contributed by atoms with Gasteiger partial charge in [0, 0.05) is 17.3 Å². The van der Waals surface area contributed by atoms with E-state index in [-0.39, 0.29) is 5.91 Å². The van der Waals surface area contributed by atoms with Crippen LogP contribution in [0.1, 0.15) is 18.4 Å². The zero-order valence-corrected chi connectivity index (χ0v) is 13.7. The summed E-state index contributed by atoms with van der Waals surface area (Å²) in [6.45, 7) is 0. The van der Waals surface area contributed by atoms with Gasteiger partial charge >= 0.3 is 0 Å². The largest absolute Gasteiger partial charge is 0.308 e. The molecule has 0 unspecified atom stereocenters. The molecule has 0 bridgehead atoms. The van der Waals surface area contributed by atoms with E-state index in [4.69, 9.17) is 11.6 Å². The molecule has 24 heavy (non-hydrogen) atoms. The van der Waals surface area contributed by atoms with Crippen molar-refractivity contribution in [2.75, 3.05) is 5.32 Å². The third kappa shape index (κ3) is 2.69. The maximum absolute atomic E-state index is 12.8. The highest BCUT2D eigenvalue weighted by atomic mass is 35.5. The summed E-state index contributed by atoms with van der Waals surface area (Å²) in [6, 6.07) is 19.1. The van der Waals surface area contributed by atoms with E-state index in [1.54, 1.807) is 10.7 Å². The number of rotatable bonds is 4. The average molecular weight is 338 g/mol. The van der Waals surface area contributed by atoms with Crippen molar-refractivity contribution >= 4 is 23.3 Å². The van der Waals surface area contributed by atoms with Crippen molar-refractivity contribution < 1.29 is 4.79 Å². The minimum absolute atomic E-state index is 0.0249. The van der Waals surface area contributed by atoms with Gasteiger partial charge in [0.15, 0.2) is 5.82 Å². The second-order valence-corrected chi connectivity index (χ2v) is 6.46. The fraction of sp³-hybridized carbons (Fsp3) is 0.158. The minimum Gasteiger partial charge on any atom is -0.308 e. The van der Waals surface area contributed by atoms with Gasteiger partial charge in [-0.1, -0.05) is 41.9 Å². The molecule has 4 rings (SSSR count). The zero-order valence-electron chi connectivity index (χ0n) is 12.9. The lowest BCUT2D eigenvalue weighted by molar-refractivity contribution is -0.118. The first-order valence-electron chi connectivity index (χ1n) is 7.86. The number of benzene rings is 2. The monoisotopic (exact) mass is 337 g/mol. The molecule has 0 spiro atoms. The quantitative estimate of drug-likeness (QED) is 0.775. The highest BCUT2D eigenvalue weighted by Crippen LogP contribution is 2.49. The van der Waals surface area contributed by atoms with E-state index in [2.05, 4.69) is 10.4 Å². The Morgan fingerprint density at radius 1 is 1.08 bits per heavy atom.